The van der Waals surface area contributed by atoms with E-state index in [-0.39, 0.29) is 10.1 Å². The molecule has 14 heavy (non-hydrogen) atoms. The van der Waals surface area contributed by atoms with Gasteiger partial charge in [-0.1, -0.05) is 12.1 Å². The van der Waals surface area contributed by atoms with Crippen LogP contribution in [0.25, 0.3) is 0 Å². The summed E-state index contributed by atoms with van der Waals surface area (Å²) >= 11 is 8.30. The SMILES string of the molecule is O=S(=O)(O)c1ccc(C(S)CS)cc1. The molecule has 0 heterocycles. The van der Waals surface area contributed by atoms with Crippen LogP contribution in [0.4, 0.5) is 0 Å². The van der Waals surface area contributed by atoms with Crippen LogP contribution in [-0.2, 0) is 10.1 Å². The van der Waals surface area contributed by atoms with Crippen molar-refractivity contribution in [3.05, 3.63) is 29.8 Å². The zero-order chi connectivity index (χ0) is 10.8. The third-order valence-corrected chi connectivity index (χ3v) is 3.74. The van der Waals surface area contributed by atoms with Gasteiger partial charge in [0.15, 0.2) is 0 Å². The zero-order valence-corrected chi connectivity index (χ0v) is 9.77. The quantitative estimate of drug-likeness (QED) is 0.567. The Balaban J connectivity index is 3.01. The highest BCUT2D eigenvalue weighted by molar-refractivity contribution is 7.85. The Morgan fingerprint density at radius 1 is 1.29 bits per heavy atom. The molecule has 1 rings (SSSR count). The smallest absolute Gasteiger partial charge is 0.282 e. The molecule has 0 aliphatic heterocycles. The van der Waals surface area contributed by atoms with Crippen molar-refractivity contribution in [3.63, 3.8) is 0 Å². The highest BCUT2D eigenvalue weighted by atomic mass is 32.2. The lowest BCUT2D eigenvalue weighted by atomic mass is 10.2. The van der Waals surface area contributed by atoms with Crippen LogP contribution >= 0.6 is 25.3 Å². The Hall–Kier alpha value is -0.170. The van der Waals surface area contributed by atoms with E-state index in [9.17, 15) is 8.42 Å². The first-order valence-corrected chi connectivity index (χ1v) is 6.40. The molecule has 0 saturated heterocycles. The van der Waals surface area contributed by atoms with Crippen LogP contribution in [0.5, 0.6) is 0 Å². The first-order valence-electron chi connectivity index (χ1n) is 3.81. The van der Waals surface area contributed by atoms with Gasteiger partial charge in [0.2, 0.25) is 0 Å². The van der Waals surface area contributed by atoms with Crippen molar-refractivity contribution in [1.29, 1.82) is 0 Å². The molecule has 1 N–H and O–H groups in total. The van der Waals surface area contributed by atoms with Crippen molar-refractivity contribution in [3.8, 4) is 0 Å². The van der Waals surface area contributed by atoms with Crippen LogP contribution in [0.2, 0.25) is 0 Å². The van der Waals surface area contributed by atoms with Crippen LogP contribution in [0.3, 0.4) is 0 Å². The third kappa shape index (κ3) is 2.91. The molecule has 1 unspecified atom stereocenters. The highest BCUT2D eigenvalue weighted by Gasteiger charge is 2.10. The maximum atomic E-state index is 10.7. The van der Waals surface area contributed by atoms with E-state index in [1.165, 1.54) is 12.1 Å². The fourth-order valence-electron chi connectivity index (χ4n) is 0.967. The Labute approximate surface area is 94.1 Å². The van der Waals surface area contributed by atoms with E-state index in [2.05, 4.69) is 25.3 Å². The van der Waals surface area contributed by atoms with Crippen LogP contribution in [0.1, 0.15) is 10.8 Å². The van der Waals surface area contributed by atoms with Crippen molar-refractivity contribution in [1.82, 2.24) is 0 Å². The van der Waals surface area contributed by atoms with Crippen LogP contribution in [0, 0.1) is 0 Å². The molecule has 0 amide bonds. The maximum Gasteiger partial charge on any atom is 0.294 e. The fourth-order valence-corrected chi connectivity index (χ4v) is 1.83. The average Bonchev–Trinajstić information content (AvgIpc) is 2.15. The van der Waals surface area contributed by atoms with Crippen LogP contribution in [-0.4, -0.2) is 18.7 Å². The van der Waals surface area contributed by atoms with Gasteiger partial charge in [-0.3, -0.25) is 4.55 Å². The Morgan fingerprint density at radius 2 is 1.79 bits per heavy atom. The molecular formula is C8H10O3S3. The molecule has 0 fully saturated rings. The molecule has 0 aromatic heterocycles. The van der Waals surface area contributed by atoms with Crippen LogP contribution in [0.15, 0.2) is 29.2 Å². The molecule has 1 atom stereocenters. The summed E-state index contributed by atoms with van der Waals surface area (Å²) < 4.78 is 30.1. The second-order valence-corrected chi connectivity index (χ2v) is 5.15. The van der Waals surface area contributed by atoms with Crippen molar-refractivity contribution in [2.24, 2.45) is 0 Å². The molecule has 3 nitrogen and oxygen atoms in total. The van der Waals surface area contributed by atoms with Gasteiger partial charge in [0.25, 0.3) is 10.1 Å². The number of benzene rings is 1. The summed E-state index contributed by atoms with van der Waals surface area (Å²) in [7, 11) is -4.10. The van der Waals surface area contributed by atoms with Gasteiger partial charge in [-0.2, -0.15) is 33.7 Å². The fraction of sp³-hybridized carbons (Fsp3) is 0.250. The van der Waals surface area contributed by atoms with E-state index in [1.807, 2.05) is 0 Å². The van der Waals surface area contributed by atoms with E-state index in [0.29, 0.717) is 5.75 Å². The molecule has 6 heteroatoms. The van der Waals surface area contributed by atoms with Crippen LogP contribution < -0.4 is 0 Å². The Morgan fingerprint density at radius 3 is 2.14 bits per heavy atom. The van der Waals surface area contributed by atoms with Gasteiger partial charge in [0.1, 0.15) is 0 Å². The second-order valence-electron chi connectivity index (χ2n) is 2.74. The number of rotatable bonds is 3. The first-order chi connectivity index (χ1) is 6.45. The largest absolute Gasteiger partial charge is 0.294 e. The highest BCUT2D eigenvalue weighted by Crippen LogP contribution is 2.22. The summed E-state index contributed by atoms with van der Waals surface area (Å²) in [5.41, 5.74) is 0.871. The minimum absolute atomic E-state index is 0.0335. The van der Waals surface area contributed by atoms with Gasteiger partial charge >= 0.3 is 0 Å². The summed E-state index contributed by atoms with van der Waals surface area (Å²) in [6, 6.07) is 5.91. The van der Waals surface area contributed by atoms with E-state index in [0.717, 1.165) is 5.56 Å². The lowest BCUT2D eigenvalue weighted by Crippen LogP contribution is -1.99. The van der Waals surface area contributed by atoms with E-state index in [1.54, 1.807) is 12.1 Å². The van der Waals surface area contributed by atoms with E-state index in [4.69, 9.17) is 4.55 Å². The lowest BCUT2D eigenvalue weighted by Gasteiger charge is -2.07. The molecule has 1 aromatic rings. The van der Waals surface area contributed by atoms with Crippen molar-refractivity contribution < 1.29 is 13.0 Å². The minimum atomic E-state index is -4.10. The molecular weight excluding hydrogens is 240 g/mol. The van der Waals surface area contributed by atoms with Gasteiger partial charge in [-0.15, -0.1) is 0 Å². The molecule has 0 radical (unpaired) electrons. The summed E-state index contributed by atoms with van der Waals surface area (Å²) in [6.07, 6.45) is 0. The van der Waals surface area contributed by atoms with E-state index < -0.39 is 10.1 Å². The molecule has 0 aliphatic carbocycles. The molecule has 78 valence electrons. The Bertz CT molecular complexity index is 396. The van der Waals surface area contributed by atoms with Crippen molar-refractivity contribution >= 4 is 35.4 Å². The van der Waals surface area contributed by atoms with E-state index >= 15 is 0 Å². The predicted octanol–water partition coefficient (Wildman–Crippen LogP) is 1.83. The molecule has 0 spiro atoms. The average molecular weight is 250 g/mol. The molecule has 0 bridgehead atoms. The summed E-state index contributed by atoms with van der Waals surface area (Å²) in [4.78, 5) is -0.110. The molecule has 0 aliphatic rings. The standard InChI is InChI=1S/C8H10O3S3/c9-14(10,11)7-3-1-6(2-4-7)8(13)5-12/h1-4,8,12-13H,5H2,(H,9,10,11). The number of hydrogen-bond donors (Lipinski definition) is 3. The van der Waals surface area contributed by atoms with Crippen molar-refractivity contribution in [2.45, 2.75) is 10.1 Å². The third-order valence-electron chi connectivity index (χ3n) is 1.74. The number of hydrogen-bond acceptors (Lipinski definition) is 4. The van der Waals surface area contributed by atoms with Gasteiger partial charge in [0.05, 0.1) is 4.90 Å². The first kappa shape index (κ1) is 11.9. The van der Waals surface area contributed by atoms with Crippen molar-refractivity contribution in [2.75, 3.05) is 5.75 Å². The predicted molar refractivity (Wildman–Crippen MR) is 61.8 cm³/mol. The minimum Gasteiger partial charge on any atom is -0.282 e. The van der Waals surface area contributed by atoms with Gasteiger partial charge in [0, 0.05) is 11.0 Å². The lowest BCUT2D eigenvalue weighted by molar-refractivity contribution is 0.483. The second kappa shape index (κ2) is 4.57. The number of thiol groups is 2. The topological polar surface area (TPSA) is 54.4 Å². The van der Waals surface area contributed by atoms with Gasteiger partial charge < -0.3 is 0 Å². The van der Waals surface area contributed by atoms with Gasteiger partial charge in [-0.05, 0) is 17.7 Å². The van der Waals surface area contributed by atoms with Gasteiger partial charge in [-0.25, -0.2) is 0 Å². The molecule has 1 aromatic carbocycles. The summed E-state index contributed by atoms with van der Waals surface area (Å²) in [5, 5.41) is -0.0335. The molecule has 0 saturated carbocycles. The summed E-state index contributed by atoms with van der Waals surface area (Å²) in [6.45, 7) is 0. The normalized spacial score (nSPS) is 13.9. The monoisotopic (exact) mass is 250 g/mol. The Kier molecular flexibility index (Phi) is 3.88. The zero-order valence-electron chi connectivity index (χ0n) is 7.16. The maximum absolute atomic E-state index is 10.7. The summed E-state index contributed by atoms with van der Waals surface area (Å²) in [5.74, 6) is 0.564.